The van der Waals surface area contributed by atoms with E-state index < -0.39 is 12.0 Å². The van der Waals surface area contributed by atoms with Crippen LogP contribution in [-0.2, 0) is 0 Å². The zero-order valence-corrected chi connectivity index (χ0v) is 17.9. The van der Waals surface area contributed by atoms with Crippen molar-refractivity contribution in [1.82, 2.24) is 0 Å². The molecule has 160 valence electrons. The maximum absolute atomic E-state index is 12.9. The van der Waals surface area contributed by atoms with Crippen LogP contribution in [0.25, 0.3) is 52.8 Å². The summed E-state index contributed by atoms with van der Waals surface area (Å²) in [6, 6.07) is 28.4. The van der Waals surface area contributed by atoms with Crippen molar-refractivity contribution < 1.29 is 18.0 Å². The third-order valence-electron chi connectivity index (χ3n) is 6.07. The minimum atomic E-state index is -4.90. The smallest absolute Gasteiger partial charge is 0.284 e. The van der Waals surface area contributed by atoms with Gasteiger partial charge in [-0.1, -0.05) is 72.8 Å². The number of fused-ring (bicyclic) bond motifs is 7. The molecule has 1 aromatic heterocycles. The van der Waals surface area contributed by atoms with E-state index in [0.717, 1.165) is 27.1 Å². The van der Waals surface area contributed by atoms with Crippen molar-refractivity contribution in [2.75, 3.05) is 0 Å². The van der Waals surface area contributed by atoms with Crippen LogP contribution in [-0.4, -0.2) is 12.0 Å². The lowest BCUT2D eigenvalue weighted by Gasteiger charge is -2.10. The van der Waals surface area contributed by atoms with Gasteiger partial charge in [0.25, 0.3) is 5.78 Å². The first kappa shape index (κ1) is 19.9. The monoisotopic (exact) mass is 456 g/mol. The van der Waals surface area contributed by atoms with Crippen LogP contribution >= 0.6 is 11.3 Å². The number of carbonyl (C=O) groups is 1. The Morgan fingerprint density at radius 2 is 1.33 bits per heavy atom. The van der Waals surface area contributed by atoms with Crippen molar-refractivity contribution >= 4 is 58.8 Å². The number of hydrogen-bond donors (Lipinski definition) is 0. The molecule has 5 heteroatoms. The van der Waals surface area contributed by atoms with Crippen LogP contribution < -0.4 is 0 Å². The predicted octanol–water partition coefficient (Wildman–Crippen LogP) is 8.77. The fourth-order valence-electron chi connectivity index (χ4n) is 4.50. The van der Waals surface area contributed by atoms with Crippen LogP contribution in [0.5, 0.6) is 0 Å². The van der Waals surface area contributed by atoms with Crippen LogP contribution in [0, 0.1) is 0 Å². The number of carbonyl (C=O) groups excluding carboxylic acids is 1. The van der Waals surface area contributed by atoms with Crippen molar-refractivity contribution in [2.24, 2.45) is 0 Å². The summed E-state index contributed by atoms with van der Waals surface area (Å²) >= 11 is 1.76. The van der Waals surface area contributed by atoms with Gasteiger partial charge >= 0.3 is 6.18 Å². The lowest BCUT2D eigenvalue weighted by atomic mass is 9.95. The second kappa shape index (κ2) is 7.15. The lowest BCUT2D eigenvalue weighted by Crippen LogP contribution is -2.22. The Labute approximate surface area is 190 Å². The molecule has 6 rings (SSSR count). The second-order valence-electron chi connectivity index (χ2n) is 8.04. The number of halogens is 3. The van der Waals surface area contributed by atoms with Gasteiger partial charge in [0.05, 0.1) is 0 Å². The molecule has 1 heterocycles. The van der Waals surface area contributed by atoms with E-state index in [4.69, 9.17) is 0 Å². The van der Waals surface area contributed by atoms with Gasteiger partial charge in [-0.25, -0.2) is 0 Å². The Kier molecular flexibility index (Phi) is 4.32. The van der Waals surface area contributed by atoms with E-state index in [0.29, 0.717) is 5.56 Å². The van der Waals surface area contributed by atoms with Gasteiger partial charge in [0.2, 0.25) is 0 Å². The molecule has 1 nitrogen and oxygen atoms in total. The van der Waals surface area contributed by atoms with E-state index in [9.17, 15) is 18.0 Å². The van der Waals surface area contributed by atoms with Crippen molar-refractivity contribution in [1.29, 1.82) is 0 Å². The van der Waals surface area contributed by atoms with Crippen molar-refractivity contribution in [3.8, 4) is 11.1 Å². The molecule has 0 aliphatic carbocycles. The number of hydrogen-bond acceptors (Lipinski definition) is 2. The quantitative estimate of drug-likeness (QED) is 0.188. The second-order valence-corrected chi connectivity index (χ2v) is 9.10. The van der Waals surface area contributed by atoms with Crippen LogP contribution in [0.1, 0.15) is 10.4 Å². The Bertz CT molecular complexity index is 1730. The first-order valence-electron chi connectivity index (χ1n) is 10.4. The van der Waals surface area contributed by atoms with Gasteiger partial charge in [-0.15, -0.1) is 11.3 Å². The SMILES string of the molecule is O=C(c1cccc(-c2ccc3ccc4c(ccc5c6ccccc6sc54)c3c2)c1)C(F)(F)F. The van der Waals surface area contributed by atoms with E-state index >= 15 is 0 Å². The number of rotatable bonds is 2. The molecular formula is C28H15F3OS. The number of alkyl halides is 3. The first-order valence-corrected chi connectivity index (χ1v) is 11.2. The Morgan fingerprint density at radius 1 is 0.636 bits per heavy atom. The lowest BCUT2D eigenvalue weighted by molar-refractivity contribution is -0.0885. The zero-order valence-electron chi connectivity index (χ0n) is 17.1. The fraction of sp³-hybridized carbons (Fsp3) is 0.0357. The maximum atomic E-state index is 12.9. The predicted molar refractivity (Wildman–Crippen MR) is 130 cm³/mol. The molecule has 0 spiro atoms. The average Bonchev–Trinajstić information content (AvgIpc) is 3.21. The Balaban J connectivity index is 1.56. The van der Waals surface area contributed by atoms with Crippen molar-refractivity contribution in [3.63, 3.8) is 0 Å². The zero-order chi connectivity index (χ0) is 22.7. The largest absolute Gasteiger partial charge is 0.454 e. The standard InChI is InChI=1S/C28H15F3OS/c29-28(30,31)27(32)19-5-3-4-17(14-19)18-9-8-16-10-11-22-20(24(16)15-18)12-13-23-21-6-1-2-7-25(21)33-26(22)23/h1-15H. The summed E-state index contributed by atoms with van der Waals surface area (Å²) in [5, 5.41) is 6.78. The molecule has 0 amide bonds. The molecule has 0 bridgehead atoms. The normalized spacial score (nSPS) is 12.2. The molecule has 0 aliphatic heterocycles. The van der Waals surface area contributed by atoms with Gasteiger partial charge < -0.3 is 0 Å². The molecule has 0 N–H and O–H groups in total. The molecule has 0 fully saturated rings. The molecule has 0 atom stereocenters. The molecule has 0 saturated carbocycles. The fourth-order valence-corrected chi connectivity index (χ4v) is 5.73. The summed E-state index contributed by atoms with van der Waals surface area (Å²) in [4.78, 5) is 11.7. The topological polar surface area (TPSA) is 17.1 Å². The maximum Gasteiger partial charge on any atom is 0.454 e. The summed E-state index contributed by atoms with van der Waals surface area (Å²) in [5.41, 5.74) is 0.986. The highest BCUT2D eigenvalue weighted by atomic mass is 32.1. The van der Waals surface area contributed by atoms with E-state index in [2.05, 4.69) is 36.4 Å². The molecule has 5 aromatic carbocycles. The van der Waals surface area contributed by atoms with Crippen molar-refractivity contribution in [3.05, 3.63) is 96.6 Å². The minimum Gasteiger partial charge on any atom is -0.284 e. The molecule has 0 saturated heterocycles. The molecule has 0 unspecified atom stereocenters. The molecule has 33 heavy (non-hydrogen) atoms. The van der Waals surface area contributed by atoms with Crippen LogP contribution in [0.2, 0.25) is 0 Å². The summed E-state index contributed by atoms with van der Waals surface area (Å²) in [6.07, 6.45) is -4.90. The van der Waals surface area contributed by atoms with Gasteiger partial charge in [-0.05, 0) is 45.5 Å². The molecule has 0 radical (unpaired) electrons. The summed E-state index contributed by atoms with van der Waals surface area (Å²) < 4.78 is 41.2. The number of ketones is 1. The van der Waals surface area contributed by atoms with E-state index in [1.807, 2.05) is 30.3 Å². The van der Waals surface area contributed by atoms with Gasteiger partial charge in [0.1, 0.15) is 0 Å². The molecule has 0 aliphatic rings. The summed E-state index contributed by atoms with van der Waals surface area (Å²) in [6.45, 7) is 0. The van der Waals surface area contributed by atoms with Gasteiger partial charge in [0, 0.05) is 31.1 Å². The van der Waals surface area contributed by atoms with Gasteiger partial charge in [-0.2, -0.15) is 13.2 Å². The van der Waals surface area contributed by atoms with Gasteiger partial charge in [0.15, 0.2) is 0 Å². The van der Waals surface area contributed by atoms with Crippen LogP contribution in [0.3, 0.4) is 0 Å². The highest BCUT2D eigenvalue weighted by molar-refractivity contribution is 7.26. The van der Waals surface area contributed by atoms with Gasteiger partial charge in [-0.3, -0.25) is 4.79 Å². The van der Waals surface area contributed by atoms with Crippen molar-refractivity contribution in [2.45, 2.75) is 6.18 Å². The summed E-state index contributed by atoms with van der Waals surface area (Å²) in [7, 11) is 0. The van der Waals surface area contributed by atoms with Crippen LogP contribution in [0.15, 0.2) is 91.0 Å². The third kappa shape index (κ3) is 3.19. The highest BCUT2D eigenvalue weighted by Crippen LogP contribution is 2.40. The first-order chi connectivity index (χ1) is 15.9. The summed E-state index contributed by atoms with van der Waals surface area (Å²) in [5.74, 6) is -1.83. The average molecular weight is 456 g/mol. The molecular weight excluding hydrogens is 441 g/mol. The van der Waals surface area contributed by atoms with E-state index in [1.54, 1.807) is 17.4 Å². The number of thiophene rings is 1. The van der Waals surface area contributed by atoms with Crippen LogP contribution in [0.4, 0.5) is 13.2 Å². The number of Topliss-reactive ketones (excluding diaryl/α,β-unsaturated/α-hetero) is 1. The molecule has 6 aromatic rings. The number of benzene rings is 5. The van der Waals surface area contributed by atoms with E-state index in [1.165, 1.54) is 38.4 Å². The Hall–Kier alpha value is -3.70. The van der Waals surface area contributed by atoms with E-state index in [-0.39, 0.29) is 5.56 Å². The third-order valence-corrected chi connectivity index (χ3v) is 7.29. The highest BCUT2D eigenvalue weighted by Gasteiger charge is 2.39. The Morgan fingerprint density at radius 3 is 2.18 bits per heavy atom. The minimum absolute atomic E-state index is 0.356.